The van der Waals surface area contributed by atoms with Gasteiger partial charge >= 0.3 is 17.9 Å². The summed E-state index contributed by atoms with van der Waals surface area (Å²) in [5, 5.41) is 9.63. The highest BCUT2D eigenvalue weighted by molar-refractivity contribution is 5.72. The van der Waals surface area contributed by atoms with Crippen molar-refractivity contribution in [2.45, 2.75) is 212 Å². The van der Waals surface area contributed by atoms with Crippen molar-refractivity contribution in [3.63, 3.8) is 0 Å². The quantitative estimate of drug-likeness (QED) is 0.0282. The Morgan fingerprint density at radius 1 is 0.517 bits per heavy atom. The number of quaternary nitrogens is 1. The van der Waals surface area contributed by atoms with Crippen LogP contribution >= 0.6 is 0 Å². The molecule has 0 fully saturated rings. The number of carboxylic acids is 1. The Bertz CT molecular complexity index is 1170. The van der Waals surface area contributed by atoms with E-state index in [0.29, 0.717) is 19.3 Å². The number of likely N-dealkylation sites (N-methyl/N-ethyl adjacent to an activating group) is 1. The van der Waals surface area contributed by atoms with Crippen molar-refractivity contribution in [3.8, 4) is 0 Å². The Morgan fingerprint density at radius 2 is 0.933 bits per heavy atom. The molecule has 0 spiro atoms. The lowest BCUT2D eigenvalue weighted by atomic mass is 10.0. The monoisotopic (exact) mass is 843 g/mol. The third kappa shape index (κ3) is 40.4. The van der Waals surface area contributed by atoms with Crippen molar-refractivity contribution in [1.82, 2.24) is 0 Å². The molecule has 346 valence electrons. The summed E-state index contributed by atoms with van der Waals surface area (Å²) < 4.78 is 17.3. The maximum absolute atomic E-state index is 12.7. The van der Waals surface area contributed by atoms with Gasteiger partial charge in [-0.1, -0.05) is 164 Å². The van der Waals surface area contributed by atoms with Gasteiger partial charge in [-0.3, -0.25) is 9.59 Å². The Balaban J connectivity index is 4.23. The Morgan fingerprint density at radius 3 is 1.40 bits per heavy atom. The molecule has 8 heteroatoms. The van der Waals surface area contributed by atoms with Gasteiger partial charge in [-0.15, -0.1) is 0 Å². The number of rotatable bonds is 43. The van der Waals surface area contributed by atoms with Crippen molar-refractivity contribution in [2.24, 2.45) is 0 Å². The highest BCUT2D eigenvalue weighted by Gasteiger charge is 2.31. The lowest BCUT2D eigenvalue weighted by Crippen LogP contribution is -2.50. The van der Waals surface area contributed by atoms with Crippen LogP contribution in [0.15, 0.2) is 60.8 Å². The highest BCUT2D eigenvalue weighted by Crippen LogP contribution is 2.14. The predicted octanol–water partition coefficient (Wildman–Crippen LogP) is 13.8. The van der Waals surface area contributed by atoms with Gasteiger partial charge in [0.15, 0.2) is 12.1 Å². The lowest BCUT2D eigenvalue weighted by Gasteiger charge is -2.31. The van der Waals surface area contributed by atoms with Crippen LogP contribution in [-0.2, 0) is 28.6 Å². The molecule has 0 heterocycles. The fraction of sp³-hybridized carbons (Fsp3) is 0.750. The van der Waals surface area contributed by atoms with Crippen LogP contribution in [0, 0.1) is 0 Å². The number of hydrogen-bond donors (Lipinski definition) is 1. The minimum absolute atomic E-state index is 0.0470. The van der Waals surface area contributed by atoms with E-state index in [0.717, 1.165) is 70.6 Å². The van der Waals surface area contributed by atoms with Gasteiger partial charge in [0.2, 0.25) is 0 Å². The second-order valence-corrected chi connectivity index (χ2v) is 17.3. The van der Waals surface area contributed by atoms with E-state index in [1.807, 2.05) is 21.1 Å². The van der Waals surface area contributed by atoms with Crippen LogP contribution in [0.1, 0.15) is 200 Å². The summed E-state index contributed by atoms with van der Waals surface area (Å²) in [5.74, 6) is -1.51. The van der Waals surface area contributed by atoms with E-state index >= 15 is 0 Å². The molecule has 0 aliphatic rings. The van der Waals surface area contributed by atoms with E-state index in [1.165, 1.54) is 96.3 Å². The molecule has 0 aliphatic carbocycles. The van der Waals surface area contributed by atoms with E-state index in [-0.39, 0.29) is 36.2 Å². The van der Waals surface area contributed by atoms with Crippen molar-refractivity contribution in [1.29, 1.82) is 0 Å². The van der Waals surface area contributed by atoms with Gasteiger partial charge in [-0.05, 0) is 77.0 Å². The fourth-order valence-corrected chi connectivity index (χ4v) is 6.90. The first-order valence-corrected chi connectivity index (χ1v) is 24.3. The molecule has 0 saturated carbocycles. The first-order valence-electron chi connectivity index (χ1n) is 24.3. The molecule has 8 nitrogen and oxygen atoms in total. The number of esters is 2. The minimum Gasteiger partial charge on any atom is -0.477 e. The molecule has 0 aromatic heterocycles. The molecular weight excluding hydrogens is 751 g/mol. The predicted molar refractivity (Wildman–Crippen MR) is 252 cm³/mol. The first kappa shape index (κ1) is 57.0. The van der Waals surface area contributed by atoms with Crippen molar-refractivity contribution >= 4 is 17.9 Å². The molecule has 0 radical (unpaired) electrons. The molecular formula is C52H92NO7+. The molecule has 0 bridgehead atoms. The third-order valence-electron chi connectivity index (χ3n) is 10.7. The molecule has 0 aliphatic heterocycles. The molecule has 0 rings (SSSR count). The molecule has 0 aromatic rings. The van der Waals surface area contributed by atoms with Gasteiger partial charge in [0.25, 0.3) is 0 Å². The van der Waals surface area contributed by atoms with Crippen molar-refractivity contribution < 1.29 is 38.2 Å². The van der Waals surface area contributed by atoms with E-state index in [4.69, 9.17) is 14.2 Å². The van der Waals surface area contributed by atoms with Crippen LogP contribution in [0.2, 0.25) is 0 Å². The molecule has 0 aromatic carbocycles. The zero-order chi connectivity index (χ0) is 44.2. The SMILES string of the molecule is CC/C=C\C/C=C\C/C=C\CCCCCC(=O)OC(COCCC(C(=O)O)[N+](C)(C)C)COC(=O)CCCCCCCCCCCCC/C=C\C/C=C\CCCCCCC. The maximum atomic E-state index is 12.7. The Labute approximate surface area is 368 Å². The average Bonchev–Trinajstić information content (AvgIpc) is 3.21. The van der Waals surface area contributed by atoms with Crippen LogP contribution in [0.3, 0.4) is 0 Å². The van der Waals surface area contributed by atoms with Crippen LogP contribution in [0.5, 0.6) is 0 Å². The van der Waals surface area contributed by atoms with Crippen LogP contribution in [0.4, 0.5) is 0 Å². The number of carbonyl (C=O) groups is 3. The van der Waals surface area contributed by atoms with Gasteiger partial charge in [0.05, 0.1) is 34.4 Å². The zero-order valence-electron chi connectivity index (χ0n) is 39.4. The van der Waals surface area contributed by atoms with Gasteiger partial charge in [0, 0.05) is 19.3 Å². The molecule has 2 unspecified atom stereocenters. The lowest BCUT2D eigenvalue weighted by molar-refractivity contribution is -0.887. The number of unbranched alkanes of at least 4 members (excludes halogenated alkanes) is 19. The molecule has 2 atom stereocenters. The van der Waals surface area contributed by atoms with Gasteiger partial charge in [-0.2, -0.15) is 0 Å². The number of hydrogen-bond acceptors (Lipinski definition) is 6. The van der Waals surface area contributed by atoms with Gasteiger partial charge in [-0.25, -0.2) is 4.79 Å². The number of carbonyl (C=O) groups excluding carboxylic acids is 2. The van der Waals surface area contributed by atoms with E-state index in [1.54, 1.807) is 0 Å². The Kier molecular flexibility index (Phi) is 40.6. The summed E-state index contributed by atoms with van der Waals surface area (Å²) in [4.78, 5) is 37.0. The van der Waals surface area contributed by atoms with Gasteiger partial charge < -0.3 is 23.8 Å². The highest BCUT2D eigenvalue weighted by atomic mass is 16.6. The molecule has 1 N–H and O–H groups in total. The summed E-state index contributed by atoms with van der Waals surface area (Å²) in [5.41, 5.74) is 0. The van der Waals surface area contributed by atoms with E-state index < -0.39 is 18.1 Å². The summed E-state index contributed by atoms with van der Waals surface area (Å²) >= 11 is 0. The number of nitrogens with zero attached hydrogens (tertiary/aromatic N) is 1. The van der Waals surface area contributed by atoms with Crippen LogP contribution in [0.25, 0.3) is 0 Å². The summed E-state index contributed by atoms with van der Waals surface area (Å²) in [7, 11) is 5.51. The average molecular weight is 843 g/mol. The smallest absolute Gasteiger partial charge is 0.362 e. The number of aliphatic carboxylic acids is 1. The second kappa shape index (κ2) is 42.7. The normalized spacial score (nSPS) is 13.4. The summed E-state index contributed by atoms with van der Waals surface area (Å²) in [6.45, 7) is 4.58. The standard InChI is InChI=1S/C52H91NO7/c1-6-8-10-12-14-16-18-20-21-22-23-24-25-26-27-28-29-31-32-34-36-38-40-42-50(54)59-47-48(46-58-45-44-49(52(56)57)53(3,4)5)60-51(55)43-41-39-37-35-33-30-19-17-15-13-11-9-7-2/h9,11,15,17-18,20,22-23,30,33,48-49H,6-8,10,12-14,16,19,21,24-29,31-32,34-47H2,1-5H3/p+1/b11-9-,17-15-,20-18-,23-22-,33-30-. The molecule has 0 saturated heterocycles. The first-order chi connectivity index (χ1) is 29.1. The van der Waals surface area contributed by atoms with Crippen LogP contribution in [-0.4, -0.2) is 80.6 Å². The second-order valence-electron chi connectivity index (χ2n) is 17.3. The molecule has 60 heavy (non-hydrogen) atoms. The minimum atomic E-state index is -0.881. The number of allylic oxidation sites excluding steroid dienone is 10. The Hall–Kier alpha value is -2.97. The number of carboxylic acid groups (broad SMARTS) is 1. The topological polar surface area (TPSA) is 99.1 Å². The van der Waals surface area contributed by atoms with Crippen molar-refractivity contribution in [2.75, 3.05) is 41.0 Å². The van der Waals surface area contributed by atoms with Gasteiger partial charge in [0.1, 0.15) is 6.61 Å². The zero-order valence-corrected chi connectivity index (χ0v) is 39.4. The number of ether oxygens (including phenoxy) is 3. The molecule has 0 amide bonds. The summed E-state index contributed by atoms with van der Waals surface area (Å²) in [6, 6.07) is -0.622. The summed E-state index contributed by atoms with van der Waals surface area (Å²) in [6.07, 6.45) is 52.8. The maximum Gasteiger partial charge on any atom is 0.362 e. The van der Waals surface area contributed by atoms with Crippen LogP contribution < -0.4 is 0 Å². The third-order valence-corrected chi connectivity index (χ3v) is 10.7. The van der Waals surface area contributed by atoms with Crippen molar-refractivity contribution in [3.05, 3.63) is 60.8 Å². The largest absolute Gasteiger partial charge is 0.477 e. The fourth-order valence-electron chi connectivity index (χ4n) is 6.90. The van der Waals surface area contributed by atoms with E-state index in [2.05, 4.69) is 74.6 Å². The van der Waals surface area contributed by atoms with E-state index in [9.17, 15) is 19.5 Å².